The van der Waals surface area contributed by atoms with Crippen LogP contribution in [0.25, 0.3) is 11.0 Å². The van der Waals surface area contributed by atoms with E-state index in [0.29, 0.717) is 12.1 Å². The molecule has 1 aromatic carbocycles. The second-order valence-corrected chi connectivity index (χ2v) is 5.15. The lowest BCUT2D eigenvalue weighted by Gasteiger charge is -2.26. The highest BCUT2D eigenvalue weighted by molar-refractivity contribution is 5.75. The highest BCUT2D eigenvalue weighted by Gasteiger charge is 2.12. The Morgan fingerprint density at radius 3 is 2.74 bits per heavy atom. The van der Waals surface area contributed by atoms with Gasteiger partial charge in [0.2, 0.25) is 0 Å². The lowest BCUT2D eigenvalue weighted by Crippen LogP contribution is -2.34. The molecule has 1 aliphatic rings. The van der Waals surface area contributed by atoms with Crippen molar-refractivity contribution < 1.29 is 4.39 Å². The molecule has 1 N–H and O–H groups in total. The van der Waals surface area contributed by atoms with Gasteiger partial charge in [0.1, 0.15) is 5.82 Å². The quantitative estimate of drug-likeness (QED) is 0.919. The number of hydrogen-bond donors (Lipinski definition) is 1. The Bertz CT molecular complexity index is 625. The van der Waals surface area contributed by atoms with Crippen LogP contribution in [0.1, 0.15) is 19.3 Å². The van der Waals surface area contributed by atoms with Gasteiger partial charge >= 0.3 is 5.69 Å². The van der Waals surface area contributed by atoms with E-state index in [-0.39, 0.29) is 11.5 Å². The van der Waals surface area contributed by atoms with Gasteiger partial charge in [0.15, 0.2) is 0 Å². The number of nitrogens with zero attached hydrogens (tertiary/aromatic N) is 2. The molecule has 0 aliphatic carbocycles. The fraction of sp³-hybridized carbons (Fsp3) is 0.500. The number of aromatic nitrogens is 2. The van der Waals surface area contributed by atoms with Crippen LogP contribution in [0.2, 0.25) is 0 Å². The minimum Gasteiger partial charge on any atom is -0.305 e. The second kappa shape index (κ2) is 5.17. The number of rotatable bonds is 3. The third-order valence-corrected chi connectivity index (χ3v) is 3.82. The third-order valence-electron chi connectivity index (χ3n) is 3.82. The molecule has 5 heteroatoms. The molecule has 3 rings (SSSR count). The normalized spacial score (nSPS) is 17.1. The molecular formula is C14H18FN3O. The SMILES string of the molecule is O=c1[nH]c2cc(F)ccc2n1CCN1CCCCC1. The zero-order chi connectivity index (χ0) is 13.2. The number of likely N-dealkylation sites (tertiary alicyclic amines) is 1. The van der Waals surface area contributed by atoms with Crippen LogP contribution in [0.3, 0.4) is 0 Å². The molecule has 1 aromatic heterocycles. The molecule has 0 amide bonds. The fourth-order valence-corrected chi connectivity index (χ4v) is 2.78. The standard InChI is InChI=1S/C14H18FN3O/c15-11-4-5-13-12(10-11)16-14(19)18(13)9-8-17-6-2-1-3-7-17/h4-5,10H,1-3,6-9H2,(H,16,19). The molecule has 102 valence electrons. The monoisotopic (exact) mass is 263 g/mol. The maximum absolute atomic E-state index is 13.1. The van der Waals surface area contributed by atoms with Gasteiger partial charge in [0.25, 0.3) is 0 Å². The van der Waals surface area contributed by atoms with Crippen LogP contribution in [0.15, 0.2) is 23.0 Å². The van der Waals surface area contributed by atoms with Crippen LogP contribution in [-0.4, -0.2) is 34.1 Å². The first kappa shape index (κ1) is 12.4. The first-order chi connectivity index (χ1) is 9.24. The number of nitrogens with one attached hydrogen (secondary N) is 1. The van der Waals surface area contributed by atoms with Crippen molar-refractivity contribution in [1.29, 1.82) is 0 Å². The lowest BCUT2D eigenvalue weighted by molar-refractivity contribution is 0.221. The second-order valence-electron chi connectivity index (χ2n) is 5.15. The van der Waals surface area contributed by atoms with Crippen molar-refractivity contribution in [3.8, 4) is 0 Å². The highest BCUT2D eigenvalue weighted by Crippen LogP contribution is 2.13. The van der Waals surface area contributed by atoms with Gasteiger partial charge in [-0.15, -0.1) is 0 Å². The van der Waals surface area contributed by atoms with Crippen LogP contribution >= 0.6 is 0 Å². The molecule has 1 saturated heterocycles. The van der Waals surface area contributed by atoms with E-state index in [1.807, 2.05) is 0 Å². The van der Waals surface area contributed by atoms with E-state index in [9.17, 15) is 9.18 Å². The van der Waals surface area contributed by atoms with E-state index >= 15 is 0 Å². The van der Waals surface area contributed by atoms with E-state index in [0.717, 1.165) is 25.2 Å². The largest absolute Gasteiger partial charge is 0.326 e. The number of halogens is 1. The van der Waals surface area contributed by atoms with Crippen molar-refractivity contribution in [3.63, 3.8) is 0 Å². The van der Waals surface area contributed by atoms with Crippen molar-refractivity contribution in [3.05, 3.63) is 34.5 Å². The molecular weight excluding hydrogens is 245 g/mol. The zero-order valence-corrected chi connectivity index (χ0v) is 10.9. The summed E-state index contributed by atoms with van der Waals surface area (Å²) in [5.41, 5.74) is 1.20. The zero-order valence-electron chi connectivity index (χ0n) is 10.9. The summed E-state index contributed by atoms with van der Waals surface area (Å²) in [7, 11) is 0. The van der Waals surface area contributed by atoms with Gasteiger partial charge in [0, 0.05) is 13.1 Å². The van der Waals surface area contributed by atoms with Gasteiger partial charge in [-0.3, -0.25) is 4.57 Å². The van der Waals surface area contributed by atoms with Gasteiger partial charge in [-0.25, -0.2) is 9.18 Å². The smallest absolute Gasteiger partial charge is 0.305 e. The summed E-state index contributed by atoms with van der Waals surface area (Å²) in [5, 5.41) is 0. The Balaban J connectivity index is 1.80. The molecule has 2 aromatic rings. The van der Waals surface area contributed by atoms with Crippen LogP contribution in [-0.2, 0) is 6.54 Å². The predicted octanol–water partition coefficient (Wildman–Crippen LogP) is 1.95. The molecule has 0 radical (unpaired) electrons. The van der Waals surface area contributed by atoms with E-state index in [1.165, 1.54) is 31.4 Å². The summed E-state index contributed by atoms with van der Waals surface area (Å²) in [4.78, 5) is 17.0. The van der Waals surface area contributed by atoms with Gasteiger partial charge in [-0.1, -0.05) is 6.42 Å². The molecule has 1 fully saturated rings. The topological polar surface area (TPSA) is 41.0 Å². The maximum Gasteiger partial charge on any atom is 0.326 e. The van der Waals surface area contributed by atoms with Gasteiger partial charge in [-0.05, 0) is 44.1 Å². The molecule has 0 bridgehead atoms. The molecule has 0 saturated carbocycles. The molecule has 2 heterocycles. The highest BCUT2D eigenvalue weighted by atomic mass is 19.1. The maximum atomic E-state index is 13.1. The number of hydrogen-bond acceptors (Lipinski definition) is 2. The number of piperidine rings is 1. The van der Waals surface area contributed by atoms with Crippen LogP contribution in [0.4, 0.5) is 4.39 Å². The predicted molar refractivity (Wildman–Crippen MR) is 72.8 cm³/mol. The Morgan fingerprint density at radius 1 is 1.16 bits per heavy atom. The number of H-pyrrole nitrogens is 1. The van der Waals surface area contributed by atoms with Crippen LogP contribution in [0.5, 0.6) is 0 Å². The van der Waals surface area contributed by atoms with E-state index in [2.05, 4.69) is 9.88 Å². The first-order valence-electron chi connectivity index (χ1n) is 6.84. The van der Waals surface area contributed by atoms with Gasteiger partial charge in [-0.2, -0.15) is 0 Å². The van der Waals surface area contributed by atoms with Gasteiger partial charge < -0.3 is 9.88 Å². The molecule has 19 heavy (non-hydrogen) atoms. The Kier molecular flexibility index (Phi) is 3.38. The van der Waals surface area contributed by atoms with Crippen molar-refractivity contribution in [1.82, 2.24) is 14.5 Å². The van der Waals surface area contributed by atoms with E-state index < -0.39 is 0 Å². The lowest BCUT2D eigenvalue weighted by atomic mass is 10.1. The summed E-state index contributed by atoms with van der Waals surface area (Å²) in [5.74, 6) is -0.322. The van der Waals surface area contributed by atoms with Crippen LogP contribution < -0.4 is 5.69 Å². The summed E-state index contributed by atoms with van der Waals surface area (Å²) in [6, 6.07) is 4.43. The van der Waals surface area contributed by atoms with Crippen LogP contribution in [0, 0.1) is 5.82 Å². The Hall–Kier alpha value is -1.62. The average Bonchev–Trinajstić information content (AvgIpc) is 2.72. The fourth-order valence-electron chi connectivity index (χ4n) is 2.78. The van der Waals surface area contributed by atoms with E-state index in [4.69, 9.17) is 0 Å². The summed E-state index contributed by atoms with van der Waals surface area (Å²) >= 11 is 0. The first-order valence-corrected chi connectivity index (χ1v) is 6.84. The van der Waals surface area contributed by atoms with Crippen molar-refractivity contribution in [2.45, 2.75) is 25.8 Å². The Morgan fingerprint density at radius 2 is 1.95 bits per heavy atom. The summed E-state index contributed by atoms with van der Waals surface area (Å²) in [6.45, 7) is 3.77. The van der Waals surface area contributed by atoms with Crippen molar-refractivity contribution in [2.75, 3.05) is 19.6 Å². The minimum absolute atomic E-state index is 0.155. The van der Waals surface area contributed by atoms with Gasteiger partial charge in [0.05, 0.1) is 11.0 Å². The number of imidazole rings is 1. The average molecular weight is 263 g/mol. The molecule has 1 aliphatic heterocycles. The molecule has 4 nitrogen and oxygen atoms in total. The number of benzene rings is 1. The molecule has 0 unspecified atom stereocenters. The summed E-state index contributed by atoms with van der Waals surface area (Å²) < 4.78 is 14.8. The minimum atomic E-state index is -0.322. The van der Waals surface area contributed by atoms with Crippen molar-refractivity contribution in [2.24, 2.45) is 0 Å². The molecule has 0 spiro atoms. The Labute approximate surface area is 110 Å². The number of aromatic amines is 1. The number of fused-ring (bicyclic) bond motifs is 1. The van der Waals surface area contributed by atoms with Crippen molar-refractivity contribution >= 4 is 11.0 Å². The van der Waals surface area contributed by atoms with E-state index in [1.54, 1.807) is 10.6 Å². The third kappa shape index (κ3) is 2.56. The molecule has 0 atom stereocenters. The summed E-state index contributed by atoms with van der Waals surface area (Å²) in [6.07, 6.45) is 3.80.